The SMILES string of the molecule is COC(=O)C(O)Cc1c[nH]c2c(F)cccc12. The number of rotatable bonds is 3. The first-order chi connectivity index (χ1) is 8.13. The first kappa shape index (κ1) is 11.6. The molecule has 4 nitrogen and oxygen atoms in total. The van der Waals surface area contributed by atoms with E-state index in [0.29, 0.717) is 16.5 Å². The standard InChI is InChI=1S/C12H12FNO3/c1-17-12(16)10(15)5-7-6-14-11-8(7)3-2-4-9(11)13/h2-4,6,10,14-15H,5H2,1H3. The van der Waals surface area contributed by atoms with Crippen molar-refractivity contribution >= 4 is 16.9 Å². The number of aliphatic hydroxyl groups excluding tert-OH is 1. The molecular weight excluding hydrogens is 225 g/mol. The van der Waals surface area contributed by atoms with Crippen LogP contribution in [0.15, 0.2) is 24.4 Å². The van der Waals surface area contributed by atoms with Crippen molar-refractivity contribution in [3.05, 3.63) is 35.8 Å². The van der Waals surface area contributed by atoms with Crippen molar-refractivity contribution in [3.63, 3.8) is 0 Å². The largest absolute Gasteiger partial charge is 0.467 e. The number of fused-ring (bicyclic) bond motifs is 1. The second kappa shape index (κ2) is 4.55. The fourth-order valence-corrected chi connectivity index (χ4v) is 1.77. The summed E-state index contributed by atoms with van der Waals surface area (Å²) in [6.07, 6.45) is 0.443. The van der Waals surface area contributed by atoms with Crippen LogP contribution in [0.2, 0.25) is 0 Å². The molecule has 1 unspecified atom stereocenters. The Morgan fingerprint density at radius 2 is 2.35 bits per heavy atom. The van der Waals surface area contributed by atoms with E-state index in [0.717, 1.165) is 0 Å². The van der Waals surface area contributed by atoms with E-state index in [4.69, 9.17) is 0 Å². The lowest BCUT2D eigenvalue weighted by atomic mass is 10.1. The Balaban J connectivity index is 2.31. The molecule has 0 bridgehead atoms. The second-order valence-electron chi connectivity index (χ2n) is 3.72. The van der Waals surface area contributed by atoms with Gasteiger partial charge in [0.1, 0.15) is 5.82 Å². The van der Waals surface area contributed by atoms with E-state index in [1.165, 1.54) is 13.2 Å². The van der Waals surface area contributed by atoms with E-state index in [1.54, 1.807) is 18.3 Å². The predicted molar refractivity (Wildman–Crippen MR) is 60.0 cm³/mol. The summed E-state index contributed by atoms with van der Waals surface area (Å²) in [7, 11) is 1.21. The summed E-state index contributed by atoms with van der Waals surface area (Å²) in [6.45, 7) is 0. The van der Waals surface area contributed by atoms with Crippen LogP contribution < -0.4 is 0 Å². The van der Waals surface area contributed by atoms with E-state index in [-0.39, 0.29) is 12.2 Å². The van der Waals surface area contributed by atoms with Gasteiger partial charge in [-0.3, -0.25) is 0 Å². The molecule has 1 atom stereocenters. The molecule has 0 aliphatic heterocycles. The maximum atomic E-state index is 13.4. The van der Waals surface area contributed by atoms with Gasteiger partial charge in [-0.2, -0.15) is 0 Å². The van der Waals surface area contributed by atoms with Crippen molar-refractivity contribution in [2.24, 2.45) is 0 Å². The van der Waals surface area contributed by atoms with Crippen LogP contribution in [-0.4, -0.2) is 29.3 Å². The molecule has 0 aliphatic rings. The molecule has 1 aromatic carbocycles. The number of esters is 1. The highest BCUT2D eigenvalue weighted by atomic mass is 19.1. The third kappa shape index (κ3) is 2.14. The minimum atomic E-state index is -1.23. The van der Waals surface area contributed by atoms with Crippen molar-refractivity contribution in [2.75, 3.05) is 7.11 Å². The van der Waals surface area contributed by atoms with Gasteiger partial charge in [0, 0.05) is 18.0 Å². The number of H-pyrrole nitrogens is 1. The first-order valence-corrected chi connectivity index (χ1v) is 5.14. The number of hydrogen-bond donors (Lipinski definition) is 2. The zero-order valence-electron chi connectivity index (χ0n) is 9.24. The van der Waals surface area contributed by atoms with Crippen molar-refractivity contribution in [1.29, 1.82) is 0 Å². The number of carbonyl (C=O) groups excluding carboxylic acids is 1. The zero-order chi connectivity index (χ0) is 12.4. The number of aromatic nitrogens is 1. The molecule has 0 amide bonds. The molecule has 2 rings (SSSR count). The Morgan fingerprint density at radius 3 is 3.06 bits per heavy atom. The topological polar surface area (TPSA) is 62.3 Å². The quantitative estimate of drug-likeness (QED) is 0.793. The third-order valence-corrected chi connectivity index (χ3v) is 2.64. The van der Waals surface area contributed by atoms with Gasteiger partial charge < -0.3 is 14.8 Å². The summed E-state index contributed by atoms with van der Waals surface area (Å²) in [4.78, 5) is 13.9. The predicted octanol–water partition coefficient (Wildman–Crippen LogP) is 1.38. The Morgan fingerprint density at radius 1 is 1.59 bits per heavy atom. The molecule has 90 valence electrons. The lowest BCUT2D eigenvalue weighted by molar-refractivity contribution is -0.150. The number of aromatic amines is 1. The molecule has 1 heterocycles. The minimum Gasteiger partial charge on any atom is -0.467 e. The smallest absolute Gasteiger partial charge is 0.335 e. The average molecular weight is 237 g/mol. The summed E-state index contributed by atoms with van der Waals surface area (Å²) in [5.41, 5.74) is 1.05. The van der Waals surface area contributed by atoms with Crippen molar-refractivity contribution < 1.29 is 19.0 Å². The van der Waals surface area contributed by atoms with Crippen LogP contribution in [0.25, 0.3) is 10.9 Å². The van der Waals surface area contributed by atoms with E-state index < -0.39 is 12.1 Å². The van der Waals surface area contributed by atoms with E-state index in [2.05, 4.69) is 9.72 Å². The molecule has 2 aromatic rings. The van der Waals surface area contributed by atoms with Crippen molar-refractivity contribution in [3.8, 4) is 0 Å². The van der Waals surface area contributed by atoms with Crippen LogP contribution >= 0.6 is 0 Å². The molecule has 0 aliphatic carbocycles. The lowest BCUT2D eigenvalue weighted by Gasteiger charge is -2.06. The molecule has 1 aromatic heterocycles. The molecule has 17 heavy (non-hydrogen) atoms. The molecule has 0 fully saturated rings. The van der Waals surface area contributed by atoms with Gasteiger partial charge >= 0.3 is 5.97 Å². The Kier molecular flexibility index (Phi) is 3.10. The van der Waals surface area contributed by atoms with Gasteiger partial charge in [-0.05, 0) is 11.6 Å². The number of hydrogen-bond acceptors (Lipinski definition) is 3. The van der Waals surface area contributed by atoms with Crippen molar-refractivity contribution in [2.45, 2.75) is 12.5 Å². The number of benzene rings is 1. The first-order valence-electron chi connectivity index (χ1n) is 5.14. The fourth-order valence-electron chi connectivity index (χ4n) is 1.77. The zero-order valence-corrected chi connectivity index (χ0v) is 9.24. The Bertz CT molecular complexity index is 550. The summed E-state index contributed by atoms with van der Waals surface area (Å²) in [5.74, 6) is -1.06. The van der Waals surface area contributed by atoms with E-state index in [9.17, 15) is 14.3 Å². The van der Waals surface area contributed by atoms with Gasteiger partial charge in [0.25, 0.3) is 0 Å². The van der Waals surface area contributed by atoms with Crippen LogP contribution in [0.4, 0.5) is 4.39 Å². The number of carbonyl (C=O) groups is 1. The highest BCUT2D eigenvalue weighted by Crippen LogP contribution is 2.21. The van der Waals surface area contributed by atoms with Gasteiger partial charge in [-0.15, -0.1) is 0 Å². The molecular formula is C12H12FNO3. The number of ether oxygens (including phenoxy) is 1. The number of aliphatic hydroxyl groups is 1. The summed E-state index contributed by atoms with van der Waals surface area (Å²) in [5, 5.41) is 10.2. The fraction of sp³-hybridized carbons (Fsp3) is 0.250. The molecule has 5 heteroatoms. The molecule has 2 N–H and O–H groups in total. The molecule has 0 saturated carbocycles. The normalized spacial score (nSPS) is 12.6. The Labute approximate surface area is 97.0 Å². The maximum absolute atomic E-state index is 13.4. The molecule has 0 spiro atoms. The molecule has 0 saturated heterocycles. The van der Waals surface area contributed by atoms with Gasteiger partial charge in [-0.25, -0.2) is 9.18 Å². The number of halogens is 1. The van der Waals surface area contributed by atoms with Crippen LogP contribution in [0, 0.1) is 5.82 Å². The maximum Gasteiger partial charge on any atom is 0.335 e. The summed E-state index contributed by atoms with van der Waals surface area (Å²) in [6, 6.07) is 4.66. The highest BCUT2D eigenvalue weighted by molar-refractivity contribution is 5.84. The van der Waals surface area contributed by atoms with Crippen LogP contribution in [0.3, 0.4) is 0 Å². The van der Waals surface area contributed by atoms with Gasteiger partial charge in [0.05, 0.1) is 12.6 Å². The van der Waals surface area contributed by atoms with E-state index >= 15 is 0 Å². The average Bonchev–Trinajstić information content (AvgIpc) is 2.73. The minimum absolute atomic E-state index is 0.0934. The number of methoxy groups -OCH3 is 1. The highest BCUT2D eigenvalue weighted by Gasteiger charge is 2.18. The second-order valence-corrected chi connectivity index (χ2v) is 3.72. The van der Waals surface area contributed by atoms with Crippen LogP contribution in [0.1, 0.15) is 5.56 Å². The van der Waals surface area contributed by atoms with Gasteiger partial charge in [0.2, 0.25) is 0 Å². The lowest BCUT2D eigenvalue weighted by Crippen LogP contribution is -2.23. The van der Waals surface area contributed by atoms with Crippen molar-refractivity contribution in [1.82, 2.24) is 4.98 Å². The van der Waals surface area contributed by atoms with Crippen LogP contribution in [0.5, 0.6) is 0 Å². The summed E-state index contributed by atoms with van der Waals surface area (Å²) < 4.78 is 17.8. The number of nitrogens with one attached hydrogen (secondary N) is 1. The molecule has 0 radical (unpaired) electrons. The van der Waals surface area contributed by atoms with Gasteiger partial charge in [0.15, 0.2) is 6.10 Å². The summed E-state index contributed by atoms with van der Waals surface area (Å²) >= 11 is 0. The third-order valence-electron chi connectivity index (χ3n) is 2.64. The van der Waals surface area contributed by atoms with Crippen LogP contribution in [-0.2, 0) is 16.0 Å². The Hall–Kier alpha value is -1.88. The van der Waals surface area contributed by atoms with E-state index in [1.807, 2.05) is 0 Å². The number of para-hydroxylation sites is 1. The monoisotopic (exact) mass is 237 g/mol. The van der Waals surface area contributed by atoms with Gasteiger partial charge in [-0.1, -0.05) is 12.1 Å².